The van der Waals surface area contributed by atoms with E-state index < -0.39 is 12.5 Å². The molecule has 1 atom stereocenters. The van der Waals surface area contributed by atoms with Gasteiger partial charge in [-0.2, -0.15) is 5.10 Å². The van der Waals surface area contributed by atoms with Gasteiger partial charge in [0.15, 0.2) is 5.69 Å². The number of nitrogens with one attached hydrogen (secondary N) is 2. The Kier molecular flexibility index (Phi) is 6.85. The van der Waals surface area contributed by atoms with E-state index in [2.05, 4.69) is 34.5 Å². The van der Waals surface area contributed by atoms with Gasteiger partial charge in [-0.3, -0.25) is 14.1 Å². The van der Waals surface area contributed by atoms with Crippen LogP contribution in [0.3, 0.4) is 0 Å². The van der Waals surface area contributed by atoms with E-state index in [4.69, 9.17) is 4.74 Å². The van der Waals surface area contributed by atoms with Crippen LogP contribution in [0, 0.1) is 11.8 Å². The first-order valence-electron chi connectivity index (χ1n) is 12.1. The van der Waals surface area contributed by atoms with E-state index in [1.165, 1.54) is 4.57 Å². The molecule has 2 aromatic heterocycles. The van der Waals surface area contributed by atoms with E-state index in [1.807, 2.05) is 6.07 Å². The van der Waals surface area contributed by atoms with Gasteiger partial charge >= 0.3 is 6.03 Å². The third-order valence-corrected chi connectivity index (χ3v) is 8.43. The Morgan fingerprint density at radius 1 is 1.24 bits per heavy atom. The summed E-state index contributed by atoms with van der Waals surface area (Å²) in [5, 5.41) is 10.3. The zero-order valence-corrected chi connectivity index (χ0v) is 20.4. The first-order chi connectivity index (χ1) is 16.4. The van der Waals surface area contributed by atoms with Gasteiger partial charge in [-0.15, -0.1) is 0 Å². The SMILES string of the molecule is CC(C)C1CCC(n2cc(NC(=O)n3ccc4c3NC(N3CCOCC3)S4)c(C(F)F)n2)CC1. The van der Waals surface area contributed by atoms with Crippen LogP contribution in [0.5, 0.6) is 0 Å². The van der Waals surface area contributed by atoms with E-state index >= 15 is 0 Å². The molecule has 2 fully saturated rings. The molecule has 0 spiro atoms. The molecule has 1 amide bonds. The number of fused-ring (bicyclic) bond motifs is 1. The van der Waals surface area contributed by atoms with Crippen LogP contribution in [-0.4, -0.2) is 57.1 Å². The van der Waals surface area contributed by atoms with E-state index in [1.54, 1.807) is 28.8 Å². The molecule has 0 aromatic carbocycles. The van der Waals surface area contributed by atoms with Gasteiger partial charge in [-0.05, 0) is 43.6 Å². The molecule has 186 valence electrons. The van der Waals surface area contributed by atoms with Crippen LogP contribution in [-0.2, 0) is 4.74 Å². The number of ether oxygens (including phenoxy) is 1. The predicted octanol–water partition coefficient (Wildman–Crippen LogP) is 5.22. The molecule has 1 unspecified atom stereocenters. The summed E-state index contributed by atoms with van der Waals surface area (Å²) in [6, 6.07) is 1.47. The summed E-state index contributed by atoms with van der Waals surface area (Å²) >= 11 is 1.64. The van der Waals surface area contributed by atoms with Crippen molar-refractivity contribution in [3.63, 3.8) is 0 Å². The van der Waals surface area contributed by atoms with Gasteiger partial charge in [-0.1, -0.05) is 25.6 Å². The third kappa shape index (κ3) is 4.70. The molecule has 2 N–H and O–H groups in total. The van der Waals surface area contributed by atoms with Crippen molar-refractivity contribution in [2.45, 2.75) is 62.4 Å². The quantitative estimate of drug-likeness (QED) is 0.593. The van der Waals surface area contributed by atoms with E-state index in [0.717, 1.165) is 43.7 Å². The van der Waals surface area contributed by atoms with Crippen molar-refractivity contribution in [3.05, 3.63) is 24.2 Å². The number of anilines is 2. The molecule has 11 heteroatoms. The highest BCUT2D eigenvalue weighted by atomic mass is 32.2. The van der Waals surface area contributed by atoms with E-state index in [0.29, 0.717) is 30.9 Å². The van der Waals surface area contributed by atoms with Crippen molar-refractivity contribution in [2.24, 2.45) is 11.8 Å². The number of alkyl halides is 2. The molecule has 1 saturated carbocycles. The number of morpholine rings is 1. The minimum atomic E-state index is -2.77. The number of halogens is 2. The number of thioether (sulfide) groups is 1. The molecule has 0 bridgehead atoms. The second kappa shape index (κ2) is 9.87. The van der Waals surface area contributed by atoms with Crippen LogP contribution in [0.4, 0.5) is 25.1 Å². The van der Waals surface area contributed by atoms with Gasteiger partial charge in [0, 0.05) is 25.5 Å². The van der Waals surface area contributed by atoms with Gasteiger partial charge in [-0.25, -0.2) is 13.6 Å². The fourth-order valence-electron chi connectivity index (χ4n) is 5.12. The van der Waals surface area contributed by atoms with Crippen molar-refractivity contribution in [3.8, 4) is 0 Å². The summed E-state index contributed by atoms with van der Waals surface area (Å²) in [6.07, 6.45) is 4.43. The van der Waals surface area contributed by atoms with Crippen molar-refractivity contribution in [1.82, 2.24) is 19.2 Å². The van der Waals surface area contributed by atoms with Gasteiger partial charge < -0.3 is 15.4 Å². The topological polar surface area (TPSA) is 76.4 Å². The molecular formula is C23H32F2N6O2S. The van der Waals surface area contributed by atoms with Gasteiger partial charge in [0.2, 0.25) is 0 Å². The maximum atomic E-state index is 13.8. The first-order valence-corrected chi connectivity index (χ1v) is 12.9. The average Bonchev–Trinajstić information content (AvgIpc) is 3.54. The largest absolute Gasteiger partial charge is 0.379 e. The molecule has 5 rings (SSSR count). The zero-order valence-electron chi connectivity index (χ0n) is 19.5. The van der Waals surface area contributed by atoms with Crippen molar-refractivity contribution in [1.29, 1.82) is 0 Å². The smallest absolute Gasteiger partial charge is 0.331 e. The lowest BCUT2D eigenvalue weighted by Crippen LogP contribution is -2.44. The molecule has 2 aromatic rings. The molecule has 2 aliphatic heterocycles. The average molecular weight is 495 g/mol. The summed E-state index contributed by atoms with van der Waals surface area (Å²) < 4.78 is 36.1. The summed E-state index contributed by atoms with van der Waals surface area (Å²) in [5.41, 5.74) is -0.282. The minimum Gasteiger partial charge on any atom is -0.379 e. The Labute approximate surface area is 202 Å². The predicted molar refractivity (Wildman–Crippen MR) is 128 cm³/mol. The highest BCUT2D eigenvalue weighted by molar-refractivity contribution is 8.00. The third-order valence-electron chi connectivity index (χ3n) is 7.21. The second-order valence-electron chi connectivity index (χ2n) is 9.61. The Morgan fingerprint density at radius 3 is 2.65 bits per heavy atom. The van der Waals surface area contributed by atoms with Gasteiger partial charge in [0.05, 0.1) is 29.8 Å². The van der Waals surface area contributed by atoms with Crippen molar-refractivity contribution < 1.29 is 18.3 Å². The van der Waals surface area contributed by atoms with Crippen LogP contribution in [0.1, 0.15) is 57.7 Å². The number of aromatic nitrogens is 3. The molecule has 34 heavy (non-hydrogen) atoms. The Morgan fingerprint density at radius 2 is 1.97 bits per heavy atom. The number of nitrogens with zero attached hydrogens (tertiary/aromatic N) is 4. The van der Waals surface area contributed by atoms with Crippen LogP contribution >= 0.6 is 11.8 Å². The highest BCUT2D eigenvalue weighted by Crippen LogP contribution is 2.41. The molecule has 0 radical (unpaired) electrons. The maximum Gasteiger partial charge on any atom is 0.331 e. The number of amides is 1. The number of hydrogen-bond acceptors (Lipinski definition) is 6. The molecule has 1 saturated heterocycles. The summed E-state index contributed by atoms with van der Waals surface area (Å²) in [4.78, 5) is 16.3. The molecule has 1 aliphatic carbocycles. The highest BCUT2D eigenvalue weighted by Gasteiger charge is 2.32. The summed E-state index contributed by atoms with van der Waals surface area (Å²) in [7, 11) is 0. The van der Waals surface area contributed by atoms with Crippen molar-refractivity contribution in [2.75, 3.05) is 36.9 Å². The summed E-state index contributed by atoms with van der Waals surface area (Å²) in [6.45, 7) is 7.46. The standard InChI is InChI=1S/C23H32F2N6O2S/c1-14(2)15-3-5-16(6-4-15)31-13-17(19(28-31)20(24)25)26-22(32)30-8-7-18-21(30)27-23(34-18)29-9-11-33-12-10-29/h7-8,13-16,20,23,27H,3-6,9-12H2,1-2H3,(H,26,32). The lowest BCUT2D eigenvalue weighted by molar-refractivity contribution is 0.0365. The molecule has 4 heterocycles. The second-order valence-corrected chi connectivity index (χ2v) is 10.7. The Bertz CT molecular complexity index is 1010. The normalized spacial score (nSPS) is 25.5. The number of carbonyl (C=O) groups is 1. The number of carbonyl (C=O) groups excluding carboxylic acids is 1. The summed E-state index contributed by atoms with van der Waals surface area (Å²) in [5.74, 6) is 1.97. The van der Waals surface area contributed by atoms with Crippen molar-refractivity contribution >= 4 is 29.3 Å². The molecular weight excluding hydrogens is 462 g/mol. The van der Waals surface area contributed by atoms with Crippen LogP contribution in [0.2, 0.25) is 0 Å². The van der Waals surface area contributed by atoms with Crippen LogP contribution < -0.4 is 10.6 Å². The molecule has 3 aliphatic rings. The maximum absolute atomic E-state index is 13.8. The Hall–Kier alpha value is -2.11. The zero-order chi connectivity index (χ0) is 23.8. The number of rotatable bonds is 5. The lowest BCUT2D eigenvalue weighted by atomic mass is 9.80. The Balaban J connectivity index is 1.29. The van der Waals surface area contributed by atoms with Gasteiger partial charge in [0.25, 0.3) is 6.43 Å². The number of hydrogen-bond donors (Lipinski definition) is 2. The fraction of sp³-hybridized carbons (Fsp3) is 0.652. The van der Waals surface area contributed by atoms with Crippen LogP contribution in [0.25, 0.3) is 0 Å². The van der Waals surface area contributed by atoms with E-state index in [-0.39, 0.29) is 22.9 Å². The van der Waals surface area contributed by atoms with Gasteiger partial charge in [0.1, 0.15) is 11.3 Å². The van der Waals surface area contributed by atoms with E-state index in [9.17, 15) is 13.6 Å². The molecule has 8 nitrogen and oxygen atoms in total. The van der Waals surface area contributed by atoms with Crippen LogP contribution in [0.15, 0.2) is 23.4 Å². The minimum absolute atomic E-state index is 0.0227. The monoisotopic (exact) mass is 494 g/mol. The fourth-order valence-corrected chi connectivity index (χ4v) is 6.30. The lowest BCUT2D eigenvalue weighted by Gasteiger charge is -2.31. The first kappa shape index (κ1) is 23.6.